The quantitative estimate of drug-likeness (QED) is 0.665. The summed E-state index contributed by atoms with van der Waals surface area (Å²) in [6.45, 7) is 9.03. The molecule has 0 unspecified atom stereocenters. The summed E-state index contributed by atoms with van der Waals surface area (Å²) in [6, 6.07) is 6.44. The van der Waals surface area contributed by atoms with E-state index in [2.05, 4.69) is 39.0 Å². The number of aryl methyl sites for hydroxylation is 2. The number of hydrogen-bond donors (Lipinski definition) is 0. The largest absolute Gasteiger partial charge is 0.377 e. The van der Waals surface area contributed by atoms with Crippen LogP contribution in [0.25, 0.3) is 0 Å². The van der Waals surface area contributed by atoms with E-state index in [9.17, 15) is 0 Å². The minimum Gasteiger partial charge on any atom is -0.377 e. The number of rotatable bonds is 3. The summed E-state index contributed by atoms with van der Waals surface area (Å²) in [5.74, 6) is 0. The van der Waals surface area contributed by atoms with Crippen LogP contribution in [0.4, 0.5) is 0 Å². The van der Waals surface area contributed by atoms with Crippen LogP contribution in [0.15, 0.2) is 18.2 Å². The van der Waals surface area contributed by atoms with Gasteiger partial charge in [0.2, 0.25) is 0 Å². The molecule has 1 aromatic rings. The van der Waals surface area contributed by atoms with E-state index >= 15 is 0 Å². The molecule has 1 radical (unpaired) electrons. The Morgan fingerprint density at radius 2 is 1.75 bits per heavy atom. The zero-order valence-electron chi connectivity index (χ0n) is 7.76. The molecule has 12 heavy (non-hydrogen) atoms. The number of ether oxygens (including phenoxy) is 1. The molecular weight excluding hydrogens is 148 g/mol. The lowest BCUT2D eigenvalue weighted by Gasteiger charge is -2.04. The third kappa shape index (κ3) is 2.67. The Hall–Kier alpha value is -0.820. The summed E-state index contributed by atoms with van der Waals surface area (Å²) in [5, 5.41) is 0. The molecule has 0 aliphatic carbocycles. The molecule has 1 rings (SSSR count). The van der Waals surface area contributed by atoms with Crippen LogP contribution in [0.1, 0.15) is 16.7 Å². The Morgan fingerprint density at radius 1 is 1.17 bits per heavy atom. The molecule has 0 saturated carbocycles. The van der Waals surface area contributed by atoms with Gasteiger partial charge >= 0.3 is 0 Å². The SMILES string of the molecule is [CH2]COCc1cc(C)cc(C)c1. The van der Waals surface area contributed by atoms with Crippen molar-refractivity contribution in [1.29, 1.82) is 0 Å². The van der Waals surface area contributed by atoms with Gasteiger partial charge in [-0.3, -0.25) is 0 Å². The fourth-order valence-corrected chi connectivity index (χ4v) is 1.34. The zero-order chi connectivity index (χ0) is 8.97. The summed E-state index contributed by atoms with van der Waals surface area (Å²) < 4.78 is 5.22. The van der Waals surface area contributed by atoms with E-state index in [0.717, 1.165) is 0 Å². The number of benzene rings is 1. The molecule has 0 spiro atoms. The summed E-state index contributed by atoms with van der Waals surface area (Å²) in [4.78, 5) is 0. The maximum Gasteiger partial charge on any atom is 0.0717 e. The molecule has 0 aliphatic heterocycles. The van der Waals surface area contributed by atoms with Crippen LogP contribution in [-0.4, -0.2) is 6.61 Å². The van der Waals surface area contributed by atoms with Crippen LogP contribution in [-0.2, 0) is 11.3 Å². The third-order valence-corrected chi connectivity index (χ3v) is 1.69. The first-order valence-electron chi connectivity index (χ1n) is 4.16. The Morgan fingerprint density at radius 3 is 2.25 bits per heavy atom. The molecule has 0 aliphatic rings. The Labute approximate surface area is 74.4 Å². The van der Waals surface area contributed by atoms with E-state index in [1.807, 2.05) is 0 Å². The topological polar surface area (TPSA) is 9.23 Å². The van der Waals surface area contributed by atoms with Crippen LogP contribution in [0.3, 0.4) is 0 Å². The van der Waals surface area contributed by atoms with Crippen molar-refractivity contribution in [2.24, 2.45) is 0 Å². The molecule has 0 bridgehead atoms. The second-order valence-electron chi connectivity index (χ2n) is 3.05. The smallest absolute Gasteiger partial charge is 0.0717 e. The van der Waals surface area contributed by atoms with E-state index < -0.39 is 0 Å². The predicted molar refractivity (Wildman–Crippen MR) is 50.9 cm³/mol. The highest BCUT2D eigenvalue weighted by atomic mass is 16.5. The van der Waals surface area contributed by atoms with Gasteiger partial charge in [-0.1, -0.05) is 29.3 Å². The predicted octanol–water partition coefficient (Wildman–Crippen LogP) is 2.65. The van der Waals surface area contributed by atoms with Gasteiger partial charge in [-0.25, -0.2) is 0 Å². The van der Waals surface area contributed by atoms with Crippen molar-refractivity contribution in [2.45, 2.75) is 20.5 Å². The van der Waals surface area contributed by atoms with Gasteiger partial charge in [0.1, 0.15) is 0 Å². The summed E-state index contributed by atoms with van der Waals surface area (Å²) in [5.41, 5.74) is 3.81. The van der Waals surface area contributed by atoms with E-state index in [0.29, 0.717) is 13.2 Å². The Bertz CT molecular complexity index is 233. The minimum atomic E-state index is 0.535. The molecule has 0 N–H and O–H groups in total. The van der Waals surface area contributed by atoms with Crippen molar-refractivity contribution in [3.8, 4) is 0 Å². The van der Waals surface area contributed by atoms with Crippen molar-refractivity contribution in [3.63, 3.8) is 0 Å². The van der Waals surface area contributed by atoms with Crippen LogP contribution in [0.5, 0.6) is 0 Å². The highest BCUT2D eigenvalue weighted by Gasteiger charge is 1.94. The van der Waals surface area contributed by atoms with Gasteiger partial charge in [-0.05, 0) is 26.3 Å². The minimum absolute atomic E-state index is 0.535. The van der Waals surface area contributed by atoms with Crippen LogP contribution >= 0.6 is 0 Å². The van der Waals surface area contributed by atoms with Crippen molar-refractivity contribution in [1.82, 2.24) is 0 Å². The van der Waals surface area contributed by atoms with Crippen molar-refractivity contribution < 1.29 is 4.74 Å². The maximum atomic E-state index is 5.22. The molecule has 0 amide bonds. The Balaban J connectivity index is 2.72. The molecule has 0 saturated heterocycles. The normalized spacial score (nSPS) is 10.2. The van der Waals surface area contributed by atoms with Gasteiger partial charge in [0, 0.05) is 6.61 Å². The van der Waals surface area contributed by atoms with Crippen molar-refractivity contribution in [3.05, 3.63) is 41.8 Å². The first-order valence-corrected chi connectivity index (χ1v) is 4.16. The summed E-state index contributed by atoms with van der Waals surface area (Å²) in [7, 11) is 0. The van der Waals surface area contributed by atoms with Crippen molar-refractivity contribution >= 4 is 0 Å². The third-order valence-electron chi connectivity index (χ3n) is 1.69. The molecule has 0 heterocycles. The highest BCUT2D eigenvalue weighted by molar-refractivity contribution is 5.27. The van der Waals surface area contributed by atoms with E-state index in [4.69, 9.17) is 4.74 Å². The van der Waals surface area contributed by atoms with Gasteiger partial charge in [-0.2, -0.15) is 0 Å². The molecular formula is C11H15O. The van der Waals surface area contributed by atoms with Gasteiger partial charge in [0.05, 0.1) is 6.61 Å². The fourth-order valence-electron chi connectivity index (χ4n) is 1.34. The first-order chi connectivity index (χ1) is 5.72. The second kappa shape index (κ2) is 4.27. The monoisotopic (exact) mass is 163 g/mol. The van der Waals surface area contributed by atoms with Crippen LogP contribution in [0, 0.1) is 20.8 Å². The zero-order valence-corrected chi connectivity index (χ0v) is 7.76. The lowest BCUT2D eigenvalue weighted by molar-refractivity contribution is 0.147. The van der Waals surface area contributed by atoms with Crippen molar-refractivity contribution in [2.75, 3.05) is 6.61 Å². The van der Waals surface area contributed by atoms with Gasteiger partial charge in [0.25, 0.3) is 0 Å². The number of hydrogen-bond acceptors (Lipinski definition) is 1. The van der Waals surface area contributed by atoms with E-state index in [1.54, 1.807) is 0 Å². The van der Waals surface area contributed by atoms with E-state index in [-0.39, 0.29) is 0 Å². The molecule has 0 atom stereocenters. The lowest BCUT2D eigenvalue weighted by atomic mass is 10.1. The second-order valence-corrected chi connectivity index (χ2v) is 3.05. The van der Waals surface area contributed by atoms with Gasteiger partial charge < -0.3 is 4.74 Å². The first kappa shape index (κ1) is 9.27. The van der Waals surface area contributed by atoms with Crippen LogP contribution < -0.4 is 0 Å². The molecule has 65 valence electrons. The molecule has 1 heteroatoms. The summed E-state index contributed by atoms with van der Waals surface area (Å²) in [6.07, 6.45) is 0. The molecule has 1 nitrogen and oxygen atoms in total. The fraction of sp³-hybridized carbons (Fsp3) is 0.364. The Kier molecular flexibility index (Phi) is 3.30. The standard InChI is InChI=1S/C11H15O/c1-4-12-8-11-6-9(2)5-10(3)7-11/h5-7H,1,4,8H2,2-3H3. The summed E-state index contributed by atoms with van der Waals surface area (Å²) >= 11 is 0. The average Bonchev–Trinajstić information content (AvgIpc) is 1.99. The highest BCUT2D eigenvalue weighted by Crippen LogP contribution is 2.09. The van der Waals surface area contributed by atoms with Gasteiger partial charge in [0.15, 0.2) is 0 Å². The molecule has 1 aromatic carbocycles. The molecule has 0 fully saturated rings. The van der Waals surface area contributed by atoms with E-state index in [1.165, 1.54) is 16.7 Å². The maximum absolute atomic E-state index is 5.22. The lowest BCUT2D eigenvalue weighted by Crippen LogP contribution is -1.93. The van der Waals surface area contributed by atoms with Gasteiger partial charge in [-0.15, -0.1) is 0 Å². The van der Waals surface area contributed by atoms with Crippen LogP contribution in [0.2, 0.25) is 0 Å². The molecule has 0 aromatic heterocycles. The average molecular weight is 163 g/mol.